The van der Waals surface area contributed by atoms with Gasteiger partial charge in [-0.3, -0.25) is 4.79 Å². The molecule has 0 spiro atoms. The molecule has 0 radical (unpaired) electrons. The highest BCUT2D eigenvalue weighted by molar-refractivity contribution is 5.67. The third-order valence-corrected chi connectivity index (χ3v) is 1.22. The highest BCUT2D eigenvalue weighted by Gasteiger charge is 1.96. The quantitative estimate of drug-likeness (QED) is 0.677. The van der Waals surface area contributed by atoms with Crippen molar-refractivity contribution in [3.05, 3.63) is 18.3 Å². The van der Waals surface area contributed by atoms with Gasteiger partial charge in [0, 0.05) is 12.7 Å². The summed E-state index contributed by atoms with van der Waals surface area (Å²) in [5, 5.41) is 18.5. The highest BCUT2D eigenvalue weighted by Crippen LogP contribution is 1.96. The first kappa shape index (κ1) is 8.45. The standard InChI is InChI=1S/C7H9N3O2/c11-7(12)3-5-8-6-2-1-4-9-10-6/h1-2,4H,3,5H2,(H,8,10)(H,11,12). The predicted octanol–water partition coefficient (Wildman–Crippen LogP) is 0.363. The van der Waals surface area contributed by atoms with Crippen molar-refractivity contribution in [2.75, 3.05) is 11.9 Å². The molecule has 1 aromatic heterocycles. The number of anilines is 1. The van der Waals surface area contributed by atoms with Crippen molar-refractivity contribution in [1.82, 2.24) is 10.2 Å². The Hall–Kier alpha value is -1.65. The van der Waals surface area contributed by atoms with Crippen LogP contribution in [0.2, 0.25) is 0 Å². The molecule has 5 heteroatoms. The van der Waals surface area contributed by atoms with Crippen molar-refractivity contribution < 1.29 is 9.90 Å². The van der Waals surface area contributed by atoms with Gasteiger partial charge < -0.3 is 10.4 Å². The number of nitrogens with zero attached hydrogens (tertiary/aromatic N) is 2. The zero-order chi connectivity index (χ0) is 8.81. The lowest BCUT2D eigenvalue weighted by molar-refractivity contribution is -0.136. The van der Waals surface area contributed by atoms with Crippen LogP contribution in [0.25, 0.3) is 0 Å². The fourth-order valence-corrected chi connectivity index (χ4v) is 0.693. The summed E-state index contributed by atoms with van der Waals surface area (Å²) in [6.45, 7) is 0.369. The van der Waals surface area contributed by atoms with Gasteiger partial charge in [-0.2, -0.15) is 5.10 Å². The number of aliphatic carboxylic acids is 1. The van der Waals surface area contributed by atoms with Crippen molar-refractivity contribution in [3.63, 3.8) is 0 Å². The van der Waals surface area contributed by atoms with E-state index in [1.165, 1.54) is 0 Å². The second-order valence-electron chi connectivity index (χ2n) is 2.18. The summed E-state index contributed by atoms with van der Waals surface area (Å²) in [6.07, 6.45) is 1.64. The van der Waals surface area contributed by atoms with Gasteiger partial charge in [0.05, 0.1) is 6.42 Å². The second-order valence-corrected chi connectivity index (χ2v) is 2.18. The molecule has 0 aromatic carbocycles. The molecule has 0 aliphatic heterocycles. The summed E-state index contributed by atoms with van der Waals surface area (Å²) in [6, 6.07) is 3.46. The summed E-state index contributed by atoms with van der Waals surface area (Å²) in [5.74, 6) is -0.231. The summed E-state index contributed by atoms with van der Waals surface area (Å²) in [7, 11) is 0. The van der Waals surface area contributed by atoms with E-state index in [1.54, 1.807) is 18.3 Å². The van der Waals surface area contributed by atoms with Gasteiger partial charge in [-0.25, -0.2) is 0 Å². The van der Waals surface area contributed by atoms with E-state index in [0.29, 0.717) is 12.4 Å². The highest BCUT2D eigenvalue weighted by atomic mass is 16.4. The maximum atomic E-state index is 10.1. The molecule has 1 rings (SSSR count). The van der Waals surface area contributed by atoms with Crippen LogP contribution in [-0.2, 0) is 4.79 Å². The molecule has 0 aliphatic rings. The Balaban J connectivity index is 2.29. The van der Waals surface area contributed by atoms with Crippen LogP contribution in [0.1, 0.15) is 6.42 Å². The van der Waals surface area contributed by atoms with Crippen LogP contribution in [0.3, 0.4) is 0 Å². The molecule has 0 saturated heterocycles. The molecule has 0 atom stereocenters. The van der Waals surface area contributed by atoms with E-state index in [1.807, 2.05) is 0 Å². The van der Waals surface area contributed by atoms with Gasteiger partial charge in [0.15, 0.2) is 0 Å². The Morgan fingerprint density at radius 3 is 3.08 bits per heavy atom. The normalized spacial score (nSPS) is 9.33. The number of rotatable bonds is 4. The smallest absolute Gasteiger partial charge is 0.305 e. The maximum absolute atomic E-state index is 10.1. The average Bonchev–Trinajstić information content (AvgIpc) is 2.05. The van der Waals surface area contributed by atoms with Gasteiger partial charge in [0.25, 0.3) is 0 Å². The van der Waals surface area contributed by atoms with Crippen molar-refractivity contribution in [1.29, 1.82) is 0 Å². The van der Waals surface area contributed by atoms with Crippen LogP contribution in [0.4, 0.5) is 5.82 Å². The summed E-state index contributed by atoms with van der Waals surface area (Å²) in [5.41, 5.74) is 0. The molecule has 1 heterocycles. The van der Waals surface area contributed by atoms with Crippen LogP contribution in [-0.4, -0.2) is 27.8 Å². The molecule has 0 saturated carbocycles. The van der Waals surface area contributed by atoms with Crippen LogP contribution in [0, 0.1) is 0 Å². The minimum Gasteiger partial charge on any atom is -0.481 e. The average molecular weight is 167 g/mol. The fraction of sp³-hybridized carbons (Fsp3) is 0.286. The third kappa shape index (κ3) is 2.96. The van der Waals surface area contributed by atoms with E-state index in [-0.39, 0.29) is 6.42 Å². The SMILES string of the molecule is O=C(O)CCNc1cccnn1. The number of nitrogens with one attached hydrogen (secondary N) is 1. The first-order chi connectivity index (χ1) is 5.79. The molecule has 12 heavy (non-hydrogen) atoms. The first-order valence-electron chi connectivity index (χ1n) is 3.52. The topological polar surface area (TPSA) is 75.1 Å². The van der Waals surface area contributed by atoms with Gasteiger partial charge in [0.2, 0.25) is 0 Å². The van der Waals surface area contributed by atoms with Gasteiger partial charge in [-0.1, -0.05) is 0 Å². The zero-order valence-electron chi connectivity index (χ0n) is 6.40. The third-order valence-electron chi connectivity index (χ3n) is 1.22. The van der Waals surface area contributed by atoms with E-state index in [9.17, 15) is 4.79 Å². The lowest BCUT2D eigenvalue weighted by Crippen LogP contribution is -2.08. The largest absolute Gasteiger partial charge is 0.481 e. The fourth-order valence-electron chi connectivity index (χ4n) is 0.693. The molecule has 5 nitrogen and oxygen atoms in total. The lowest BCUT2D eigenvalue weighted by Gasteiger charge is -2.00. The Kier molecular flexibility index (Phi) is 3.01. The Morgan fingerprint density at radius 1 is 1.67 bits per heavy atom. The Bertz CT molecular complexity index is 250. The first-order valence-corrected chi connectivity index (χ1v) is 3.52. The van der Waals surface area contributed by atoms with Crippen LogP contribution >= 0.6 is 0 Å². The lowest BCUT2D eigenvalue weighted by atomic mass is 10.4. The van der Waals surface area contributed by atoms with Crippen molar-refractivity contribution in [2.45, 2.75) is 6.42 Å². The molecule has 2 N–H and O–H groups in total. The monoisotopic (exact) mass is 167 g/mol. The molecular formula is C7H9N3O2. The Morgan fingerprint density at radius 2 is 2.50 bits per heavy atom. The van der Waals surface area contributed by atoms with Crippen molar-refractivity contribution >= 4 is 11.8 Å². The minimum absolute atomic E-state index is 0.0799. The van der Waals surface area contributed by atoms with Crippen LogP contribution in [0.5, 0.6) is 0 Å². The molecule has 0 fully saturated rings. The van der Waals surface area contributed by atoms with Crippen molar-refractivity contribution in [2.24, 2.45) is 0 Å². The number of hydrogen-bond donors (Lipinski definition) is 2. The molecule has 0 aliphatic carbocycles. The molecule has 0 amide bonds. The van der Waals surface area contributed by atoms with E-state index in [2.05, 4.69) is 15.5 Å². The summed E-state index contributed by atoms with van der Waals surface area (Å²) >= 11 is 0. The van der Waals surface area contributed by atoms with Gasteiger partial charge in [-0.15, -0.1) is 5.10 Å². The summed E-state index contributed by atoms with van der Waals surface area (Å²) in [4.78, 5) is 10.1. The molecule has 64 valence electrons. The zero-order valence-corrected chi connectivity index (χ0v) is 6.40. The van der Waals surface area contributed by atoms with Crippen molar-refractivity contribution in [3.8, 4) is 0 Å². The van der Waals surface area contributed by atoms with Crippen LogP contribution < -0.4 is 5.32 Å². The molecule has 0 unspecified atom stereocenters. The Labute approximate surface area is 69.4 Å². The molecule has 0 bridgehead atoms. The van der Waals surface area contributed by atoms with E-state index >= 15 is 0 Å². The number of aromatic nitrogens is 2. The number of carbonyl (C=O) groups is 1. The predicted molar refractivity (Wildman–Crippen MR) is 42.8 cm³/mol. The minimum atomic E-state index is -0.827. The molecule has 1 aromatic rings. The maximum Gasteiger partial charge on any atom is 0.305 e. The second kappa shape index (κ2) is 4.27. The van der Waals surface area contributed by atoms with E-state index < -0.39 is 5.97 Å². The van der Waals surface area contributed by atoms with E-state index in [4.69, 9.17) is 5.11 Å². The van der Waals surface area contributed by atoms with Crippen LogP contribution in [0.15, 0.2) is 18.3 Å². The van der Waals surface area contributed by atoms with Gasteiger partial charge in [0.1, 0.15) is 5.82 Å². The van der Waals surface area contributed by atoms with E-state index in [0.717, 1.165) is 0 Å². The number of hydrogen-bond acceptors (Lipinski definition) is 4. The number of carboxylic acid groups (broad SMARTS) is 1. The number of carboxylic acids is 1. The summed E-state index contributed by atoms with van der Waals surface area (Å²) < 4.78 is 0. The van der Waals surface area contributed by atoms with Gasteiger partial charge >= 0.3 is 5.97 Å². The van der Waals surface area contributed by atoms with Gasteiger partial charge in [-0.05, 0) is 12.1 Å². The molecular weight excluding hydrogens is 158 g/mol.